The highest BCUT2D eigenvalue weighted by Crippen LogP contribution is 2.22. The minimum Gasteiger partial charge on any atom is -0.468 e. The molecule has 5 heteroatoms. The number of hydrogen-bond acceptors (Lipinski definition) is 4. The Labute approximate surface area is 143 Å². The van der Waals surface area contributed by atoms with Crippen molar-refractivity contribution in [2.24, 2.45) is 11.1 Å². The Kier molecular flexibility index (Phi) is 6.30. The molecule has 0 unspecified atom stereocenters. The third-order valence-corrected chi connectivity index (χ3v) is 3.61. The standard InChI is InChI=1S/C18H22N2O2.ClH/c1-12(19)15-8-7-14-6-5-13(11-16(14)20-15)9-10-18(2,3)17(21)22-4;/h5-12H,19H2,1-4H3;1H/b10-9+;/t12-;/m1./s1. The maximum atomic E-state index is 11.7. The van der Waals surface area contributed by atoms with Crippen LogP contribution < -0.4 is 5.73 Å². The molecule has 2 N–H and O–H groups in total. The molecule has 0 aliphatic heterocycles. The number of benzene rings is 1. The first-order valence-electron chi connectivity index (χ1n) is 7.27. The van der Waals surface area contributed by atoms with Gasteiger partial charge in [0, 0.05) is 11.4 Å². The van der Waals surface area contributed by atoms with Crippen LogP contribution in [0.25, 0.3) is 17.0 Å². The zero-order valence-electron chi connectivity index (χ0n) is 13.9. The molecule has 1 aromatic heterocycles. The molecule has 0 fully saturated rings. The molecule has 2 aromatic rings. The summed E-state index contributed by atoms with van der Waals surface area (Å²) >= 11 is 0. The van der Waals surface area contributed by atoms with E-state index in [-0.39, 0.29) is 24.4 Å². The van der Waals surface area contributed by atoms with E-state index in [0.717, 1.165) is 22.2 Å². The number of nitrogens with two attached hydrogens (primary N) is 1. The fourth-order valence-electron chi connectivity index (χ4n) is 2.14. The summed E-state index contributed by atoms with van der Waals surface area (Å²) in [5.41, 5.74) is 7.96. The van der Waals surface area contributed by atoms with Crippen LogP contribution in [0.5, 0.6) is 0 Å². The van der Waals surface area contributed by atoms with Crippen molar-refractivity contribution < 1.29 is 9.53 Å². The van der Waals surface area contributed by atoms with Crippen LogP contribution in [0, 0.1) is 5.41 Å². The number of hydrogen-bond donors (Lipinski definition) is 1. The summed E-state index contributed by atoms with van der Waals surface area (Å²) in [5.74, 6) is -0.262. The fraction of sp³-hybridized carbons (Fsp3) is 0.333. The summed E-state index contributed by atoms with van der Waals surface area (Å²) in [6.45, 7) is 5.56. The minimum absolute atomic E-state index is 0. The first kappa shape index (κ1) is 19.1. The zero-order chi connectivity index (χ0) is 16.3. The Morgan fingerprint density at radius 3 is 2.57 bits per heavy atom. The van der Waals surface area contributed by atoms with E-state index in [1.807, 2.05) is 63.3 Å². The van der Waals surface area contributed by atoms with Crippen molar-refractivity contribution in [1.29, 1.82) is 0 Å². The van der Waals surface area contributed by atoms with Crippen LogP contribution in [0.4, 0.5) is 0 Å². The maximum absolute atomic E-state index is 11.7. The number of methoxy groups -OCH3 is 1. The molecular formula is C18H23ClN2O2. The quantitative estimate of drug-likeness (QED) is 0.861. The van der Waals surface area contributed by atoms with E-state index in [2.05, 4.69) is 4.98 Å². The molecule has 0 bridgehead atoms. The molecule has 2 rings (SSSR count). The number of halogens is 1. The number of carbonyl (C=O) groups is 1. The van der Waals surface area contributed by atoms with Crippen LogP contribution >= 0.6 is 12.4 Å². The van der Waals surface area contributed by atoms with E-state index >= 15 is 0 Å². The Morgan fingerprint density at radius 1 is 1.30 bits per heavy atom. The molecule has 0 spiro atoms. The monoisotopic (exact) mass is 334 g/mol. The second-order valence-corrected chi connectivity index (χ2v) is 6.02. The highest BCUT2D eigenvalue weighted by atomic mass is 35.5. The van der Waals surface area contributed by atoms with Gasteiger partial charge in [-0.2, -0.15) is 0 Å². The van der Waals surface area contributed by atoms with Crippen molar-refractivity contribution in [1.82, 2.24) is 4.98 Å². The second kappa shape index (κ2) is 7.57. The van der Waals surface area contributed by atoms with Gasteiger partial charge in [-0.15, -0.1) is 12.4 Å². The lowest BCUT2D eigenvalue weighted by Gasteiger charge is -2.16. The van der Waals surface area contributed by atoms with Gasteiger partial charge in [0.1, 0.15) is 0 Å². The minimum atomic E-state index is -0.662. The molecule has 4 nitrogen and oxygen atoms in total. The van der Waals surface area contributed by atoms with E-state index in [1.165, 1.54) is 7.11 Å². The maximum Gasteiger partial charge on any atom is 0.315 e. The summed E-state index contributed by atoms with van der Waals surface area (Å²) in [6, 6.07) is 9.88. The average Bonchev–Trinajstić information content (AvgIpc) is 2.51. The first-order chi connectivity index (χ1) is 10.3. The van der Waals surface area contributed by atoms with Gasteiger partial charge in [0.2, 0.25) is 0 Å². The van der Waals surface area contributed by atoms with E-state index in [0.29, 0.717) is 0 Å². The molecule has 124 valence electrons. The van der Waals surface area contributed by atoms with Gasteiger partial charge in [-0.3, -0.25) is 9.78 Å². The Bertz CT molecular complexity index is 724. The highest BCUT2D eigenvalue weighted by Gasteiger charge is 2.24. The van der Waals surface area contributed by atoms with Crippen LogP contribution in [-0.2, 0) is 9.53 Å². The summed E-state index contributed by atoms with van der Waals surface area (Å²) in [4.78, 5) is 16.3. The molecule has 0 aliphatic carbocycles. The molecule has 1 atom stereocenters. The van der Waals surface area contributed by atoms with E-state index < -0.39 is 5.41 Å². The zero-order valence-corrected chi connectivity index (χ0v) is 14.7. The van der Waals surface area contributed by atoms with Crippen LogP contribution in [0.1, 0.15) is 38.1 Å². The van der Waals surface area contributed by atoms with Gasteiger partial charge in [0.25, 0.3) is 0 Å². The molecule has 1 aromatic carbocycles. The molecule has 0 amide bonds. The number of aromatic nitrogens is 1. The topological polar surface area (TPSA) is 65.2 Å². The van der Waals surface area contributed by atoms with Crippen LogP contribution in [0.3, 0.4) is 0 Å². The van der Waals surface area contributed by atoms with Crippen molar-refractivity contribution in [3.05, 3.63) is 47.7 Å². The largest absolute Gasteiger partial charge is 0.468 e. The third-order valence-electron chi connectivity index (χ3n) is 3.61. The molecule has 0 saturated heterocycles. The molecule has 0 radical (unpaired) electrons. The Morgan fingerprint density at radius 2 is 1.96 bits per heavy atom. The number of esters is 1. The van der Waals surface area contributed by atoms with Crippen LogP contribution in [-0.4, -0.2) is 18.1 Å². The van der Waals surface area contributed by atoms with E-state index in [1.54, 1.807) is 0 Å². The summed E-state index contributed by atoms with van der Waals surface area (Å²) in [6.07, 6.45) is 3.76. The van der Waals surface area contributed by atoms with Gasteiger partial charge in [-0.05, 0) is 38.5 Å². The molecule has 0 aliphatic rings. The molecule has 0 saturated carbocycles. The lowest BCUT2D eigenvalue weighted by molar-refractivity contribution is -0.148. The first-order valence-corrected chi connectivity index (χ1v) is 7.27. The smallest absolute Gasteiger partial charge is 0.315 e. The van der Waals surface area contributed by atoms with Gasteiger partial charge < -0.3 is 10.5 Å². The van der Waals surface area contributed by atoms with E-state index in [9.17, 15) is 4.79 Å². The van der Waals surface area contributed by atoms with Crippen molar-refractivity contribution in [2.45, 2.75) is 26.8 Å². The van der Waals surface area contributed by atoms with Gasteiger partial charge in [0.05, 0.1) is 23.7 Å². The van der Waals surface area contributed by atoms with Crippen molar-refractivity contribution in [2.75, 3.05) is 7.11 Å². The van der Waals surface area contributed by atoms with Crippen molar-refractivity contribution >= 4 is 35.4 Å². The molecular weight excluding hydrogens is 312 g/mol. The van der Waals surface area contributed by atoms with Gasteiger partial charge >= 0.3 is 5.97 Å². The summed E-state index contributed by atoms with van der Waals surface area (Å²) < 4.78 is 4.80. The third kappa shape index (κ3) is 4.53. The Balaban J connectivity index is 0.00000264. The van der Waals surface area contributed by atoms with Gasteiger partial charge in [-0.1, -0.05) is 30.4 Å². The molecule has 1 heterocycles. The number of ether oxygens (including phenoxy) is 1. The SMILES string of the molecule is COC(=O)C(C)(C)/C=C/c1ccc2ccc([C@@H](C)N)nc2c1.Cl. The van der Waals surface area contributed by atoms with Crippen molar-refractivity contribution in [3.8, 4) is 0 Å². The lowest BCUT2D eigenvalue weighted by Crippen LogP contribution is -2.22. The lowest BCUT2D eigenvalue weighted by atomic mass is 9.92. The highest BCUT2D eigenvalue weighted by molar-refractivity contribution is 5.85. The number of pyridine rings is 1. The second-order valence-electron chi connectivity index (χ2n) is 6.02. The average molecular weight is 335 g/mol. The normalized spacial score (nSPS) is 12.9. The Hall–Kier alpha value is -1.91. The van der Waals surface area contributed by atoms with E-state index in [4.69, 9.17) is 10.5 Å². The van der Waals surface area contributed by atoms with Gasteiger partial charge in [-0.25, -0.2) is 0 Å². The predicted molar refractivity (Wildman–Crippen MR) is 96.4 cm³/mol. The number of fused-ring (bicyclic) bond motifs is 1. The molecule has 23 heavy (non-hydrogen) atoms. The summed E-state index contributed by atoms with van der Waals surface area (Å²) in [5, 5.41) is 1.06. The number of rotatable bonds is 4. The summed E-state index contributed by atoms with van der Waals surface area (Å²) in [7, 11) is 1.40. The van der Waals surface area contributed by atoms with Crippen molar-refractivity contribution in [3.63, 3.8) is 0 Å². The van der Waals surface area contributed by atoms with Crippen LogP contribution in [0.15, 0.2) is 36.4 Å². The predicted octanol–water partition coefficient (Wildman–Crippen LogP) is 3.89. The number of carbonyl (C=O) groups excluding carboxylic acids is 1. The van der Waals surface area contributed by atoms with Gasteiger partial charge in [0.15, 0.2) is 0 Å². The fourth-order valence-corrected chi connectivity index (χ4v) is 2.14. The van der Waals surface area contributed by atoms with Crippen LogP contribution in [0.2, 0.25) is 0 Å². The number of nitrogens with zero attached hydrogens (tertiary/aromatic N) is 1.